The van der Waals surface area contributed by atoms with E-state index >= 15 is 0 Å². The quantitative estimate of drug-likeness (QED) is 0.828. The summed E-state index contributed by atoms with van der Waals surface area (Å²) >= 11 is 0. The Morgan fingerprint density at radius 3 is 2.85 bits per heavy atom. The van der Waals surface area contributed by atoms with Gasteiger partial charge >= 0.3 is 5.97 Å². The molecule has 0 bridgehead atoms. The van der Waals surface area contributed by atoms with Crippen LogP contribution in [0.4, 0.5) is 0 Å². The highest BCUT2D eigenvalue weighted by molar-refractivity contribution is 5.99. The molecule has 1 unspecified atom stereocenters. The van der Waals surface area contributed by atoms with E-state index in [1.54, 1.807) is 6.07 Å². The molecule has 0 aliphatic carbocycles. The number of hydrogen-bond acceptors (Lipinski definition) is 5. The third-order valence-corrected chi connectivity index (χ3v) is 3.12. The van der Waals surface area contributed by atoms with E-state index in [0.717, 1.165) is 0 Å². The monoisotopic (exact) mass is 281 g/mol. The fourth-order valence-electron chi connectivity index (χ4n) is 2.07. The fraction of sp³-hybridized carbons (Fsp3) is 0.385. The first-order valence-electron chi connectivity index (χ1n) is 6.03. The van der Waals surface area contributed by atoms with Crippen LogP contribution in [0.2, 0.25) is 0 Å². The van der Waals surface area contributed by atoms with Gasteiger partial charge in [-0.25, -0.2) is 4.79 Å². The lowest BCUT2D eigenvalue weighted by atomic mass is 10.1. The molecular weight excluding hydrogens is 266 g/mol. The summed E-state index contributed by atoms with van der Waals surface area (Å²) in [5, 5.41) is 19.1. The predicted octanol–water partition coefficient (Wildman–Crippen LogP) is 0.326. The van der Waals surface area contributed by atoms with Crippen molar-refractivity contribution in [2.24, 2.45) is 0 Å². The summed E-state index contributed by atoms with van der Waals surface area (Å²) < 4.78 is 10.0. The molecule has 1 atom stereocenters. The molecule has 1 saturated heterocycles. The molecule has 1 aromatic carbocycles. The maximum atomic E-state index is 12.4. The second-order valence-electron chi connectivity index (χ2n) is 4.28. The van der Waals surface area contributed by atoms with Crippen LogP contribution in [0.5, 0.6) is 11.5 Å². The number of aromatic hydroxyl groups is 1. The highest BCUT2D eigenvalue weighted by atomic mass is 16.5. The Labute approximate surface area is 115 Å². The number of aliphatic carboxylic acids is 1. The van der Waals surface area contributed by atoms with Crippen LogP contribution >= 0.6 is 0 Å². The number of methoxy groups -OCH3 is 1. The SMILES string of the molecule is COc1cccc(C(=O)N2CCOCC2C(=O)O)c1O. The minimum absolute atomic E-state index is 0.0116. The number of carbonyl (C=O) groups is 2. The van der Waals surface area contributed by atoms with Crippen LogP contribution in [0.25, 0.3) is 0 Å². The molecule has 1 aromatic rings. The van der Waals surface area contributed by atoms with E-state index < -0.39 is 17.9 Å². The summed E-state index contributed by atoms with van der Waals surface area (Å²) in [5.41, 5.74) is 0.0116. The normalized spacial score (nSPS) is 18.6. The minimum Gasteiger partial charge on any atom is -0.504 e. The topological polar surface area (TPSA) is 96.3 Å². The Kier molecular flexibility index (Phi) is 4.09. The standard InChI is InChI=1S/C13H15NO6/c1-19-10-4-2-3-8(11(10)15)12(16)14-5-6-20-7-9(14)13(17)18/h2-4,9,15H,5-7H2,1H3,(H,17,18). The van der Waals surface area contributed by atoms with Crippen molar-refractivity contribution in [1.82, 2.24) is 4.90 Å². The second kappa shape index (κ2) is 5.79. The molecule has 0 spiro atoms. The highest BCUT2D eigenvalue weighted by Gasteiger charge is 2.34. The molecule has 0 aromatic heterocycles. The van der Waals surface area contributed by atoms with Crippen LogP contribution in [-0.2, 0) is 9.53 Å². The first-order chi connectivity index (χ1) is 9.56. The molecule has 7 heteroatoms. The van der Waals surface area contributed by atoms with Crippen LogP contribution in [0, 0.1) is 0 Å². The number of hydrogen-bond donors (Lipinski definition) is 2. The third-order valence-electron chi connectivity index (χ3n) is 3.12. The summed E-state index contributed by atoms with van der Waals surface area (Å²) in [6, 6.07) is 3.44. The molecule has 1 fully saturated rings. The zero-order valence-electron chi connectivity index (χ0n) is 10.9. The lowest BCUT2D eigenvalue weighted by Crippen LogP contribution is -2.52. The zero-order chi connectivity index (χ0) is 14.7. The molecule has 1 amide bonds. The highest BCUT2D eigenvalue weighted by Crippen LogP contribution is 2.30. The average molecular weight is 281 g/mol. The number of rotatable bonds is 3. The molecule has 2 rings (SSSR count). The number of carboxylic acid groups (broad SMARTS) is 1. The van der Waals surface area contributed by atoms with Gasteiger partial charge in [0.25, 0.3) is 5.91 Å². The van der Waals surface area contributed by atoms with Crippen molar-refractivity contribution in [3.63, 3.8) is 0 Å². The molecule has 1 heterocycles. The third kappa shape index (κ3) is 2.53. The van der Waals surface area contributed by atoms with Gasteiger partial charge in [0.05, 0.1) is 25.9 Å². The molecule has 1 aliphatic rings. The van der Waals surface area contributed by atoms with E-state index in [2.05, 4.69) is 0 Å². The Bertz CT molecular complexity index is 530. The van der Waals surface area contributed by atoms with Crippen LogP contribution in [0.1, 0.15) is 10.4 Å². The van der Waals surface area contributed by atoms with E-state index in [0.29, 0.717) is 0 Å². The average Bonchev–Trinajstić information content (AvgIpc) is 2.46. The van der Waals surface area contributed by atoms with E-state index in [-0.39, 0.29) is 36.8 Å². The fourth-order valence-corrected chi connectivity index (χ4v) is 2.07. The number of amides is 1. The van der Waals surface area contributed by atoms with Crippen molar-refractivity contribution >= 4 is 11.9 Å². The summed E-state index contributed by atoms with van der Waals surface area (Å²) in [6.07, 6.45) is 0. The van der Waals surface area contributed by atoms with Crippen molar-refractivity contribution in [1.29, 1.82) is 0 Å². The second-order valence-corrected chi connectivity index (χ2v) is 4.28. The molecule has 0 saturated carbocycles. The smallest absolute Gasteiger partial charge is 0.328 e. The van der Waals surface area contributed by atoms with E-state index in [1.807, 2.05) is 0 Å². The van der Waals surface area contributed by atoms with Gasteiger partial charge in [-0.2, -0.15) is 0 Å². The lowest BCUT2D eigenvalue weighted by Gasteiger charge is -2.33. The van der Waals surface area contributed by atoms with E-state index in [1.165, 1.54) is 24.1 Å². The molecule has 20 heavy (non-hydrogen) atoms. The summed E-state index contributed by atoms with van der Waals surface area (Å²) in [4.78, 5) is 24.7. The number of phenolic OH excluding ortho intramolecular Hbond substituents is 1. The number of morpholine rings is 1. The van der Waals surface area contributed by atoms with Gasteiger partial charge in [0.1, 0.15) is 0 Å². The maximum absolute atomic E-state index is 12.4. The van der Waals surface area contributed by atoms with Gasteiger partial charge in [-0.15, -0.1) is 0 Å². The number of carboxylic acids is 1. The number of carbonyl (C=O) groups excluding carboxylic acids is 1. The van der Waals surface area contributed by atoms with Gasteiger partial charge in [-0.3, -0.25) is 4.79 Å². The number of nitrogens with zero attached hydrogens (tertiary/aromatic N) is 1. The van der Waals surface area contributed by atoms with Crippen LogP contribution in [0.15, 0.2) is 18.2 Å². The van der Waals surface area contributed by atoms with Gasteiger partial charge in [0.15, 0.2) is 17.5 Å². The Hall–Kier alpha value is -2.28. The van der Waals surface area contributed by atoms with Gasteiger partial charge in [-0.05, 0) is 12.1 Å². The van der Waals surface area contributed by atoms with Crippen molar-refractivity contribution in [2.75, 3.05) is 26.9 Å². The van der Waals surface area contributed by atoms with Crippen molar-refractivity contribution < 1.29 is 29.3 Å². The number of benzene rings is 1. The molecule has 1 aliphatic heterocycles. The van der Waals surface area contributed by atoms with Crippen molar-refractivity contribution in [3.8, 4) is 11.5 Å². The first kappa shape index (κ1) is 14.1. The van der Waals surface area contributed by atoms with E-state index in [9.17, 15) is 14.7 Å². The zero-order valence-corrected chi connectivity index (χ0v) is 10.9. The molecule has 108 valence electrons. The molecule has 0 radical (unpaired) electrons. The van der Waals surface area contributed by atoms with Crippen molar-refractivity contribution in [3.05, 3.63) is 23.8 Å². The number of para-hydroxylation sites is 1. The summed E-state index contributed by atoms with van der Waals surface area (Å²) in [7, 11) is 1.37. The molecular formula is C13H15NO6. The largest absolute Gasteiger partial charge is 0.504 e. The summed E-state index contributed by atoms with van der Waals surface area (Å²) in [5.74, 6) is -1.83. The van der Waals surface area contributed by atoms with Crippen LogP contribution in [-0.4, -0.2) is 59.9 Å². The van der Waals surface area contributed by atoms with Crippen LogP contribution < -0.4 is 4.74 Å². The van der Waals surface area contributed by atoms with Gasteiger partial charge < -0.3 is 24.6 Å². The van der Waals surface area contributed by atoms with E-state index in [4.69, 9.17) is 14.6 Å². The number of phenols is 1. The van der Waals surface area contributed by atoms with Gasteiger partial charge in [-0.1, -0.05) is 6.07 Å². The van der Waals surface area contributed by atoms with Gasteiger partial charge in [0.2, 0.25) is 0 Å². The Balaban J connectivity index is 2.32. The lowest BCUT2D eigenvalue weighted by molar-refractivity contribution is -0.147. The van der Waals surface area contributed by atoms with Crippen LogP contribution in [0.3, 0.4) is 0 Å². The number of ether oxygens (including phenoxy) is 2. The predicted molar refractivity (Wildman–Crippen MR) is 67.9 cm³/mol. The van der Waals surface area contributed by atoms with Crippen molar-refractivity contribution in [2.45, 2.75) is 6.04 Å². The minimum atomic E-state index is -1.14. The Morgan fingerprint density at radius 1 is 1.45 bits per heavy atom. The summed E-state index contributed by atoms with van der Waals surface area (Å²) in [6.45, 7) is 0.360. The molecule has 2 N–H and O–H groups in total. The Morgan fingerprint density at radius 2 is 2.20 bits per heavy atom. The molecule has 7 nitrogen and oxygen atoms in total. The maximum Gasteiger partial charge on any atom is 0.328 e. The van der Waals surface area contributed by atoms with Gasteiger partial charge in [0, 0.05) is 6.54 Å². The first-order valence-corrected chi connectivity index (χ1v) is 6.03.